The molecule has 1 saturated heterocycles. The van der Waals surface area contributed by atoms with E-state index in [1.165, 1.54) is 11.0 Å². The van der Waals surface area contributed by atoms with E-state index in [0.717, 1.165) is 29.9 Å². The SMILES string of the molecule is C/C(=N/NC(=O)c1ccc(-n2cnnn2)cc1)c1ccc(N2CCCC2=O)cc1. The number of nitrogens with zero attached hydrogens (tertiary/aromatic N) is 6. The van der Waals surface area contributed by atoms with Crippen molar-refractivity contribution in [2.45, 2.75) is 19.8 Å². The molecule has 1 N–H and O–H groups in total. The second kappa shape index (κ2) is 8.01. The van der Waals surface area contributed by atoms with Crippen LogP contribution in [0.15, 0.2) is 60.0 Å². The first-order chi connectivity index (χ1) is 14.1. The van der Waals surface area contributed by atoms with Gasteiger partial charge in [0.15, 0.2) is 0 Å². The number of carbonyl (C=O) groups is 2. The minimum atomic E-state index is -0.313. The van der Waals surface area contributed by atoms with Crippen molar-refractivity contribution in [1.29, 1.82) is 0 Å². The molecule has 9 nitrogen and oxygen atoms in total. The maximum absolute atomic E-state index is 12.3. The van der Waals surface area contributed by atoms with E-state index in [4.69, 9.17) is 0 Å². The maximum Gasteiger partial charge on any atom is 0.271 e. The highest BCUT2D eigenvalue weighted by atomic mass is 16.2. The van der Waals surface area contributed by atoms with Crippen LogP contribution in [0.2, 0.25) is 0 Å². The van der Waals surface area contributed by atoms with Crippen molar-refractivity contribution in [1.82, 2.24) is 25.6 Å². The molecule has 0 radical (unpaired) electrons. The quantitative estimate of drug-likeness (QED) is 0.530. The fourth-order valence-electron chi connectivity index (χ4n) is 3.11. The largest absolute Gasteiger partial charge is 0.312 e. The van der Waals surface area contributed by atoms with E-state index in [1.807, 2.05) is 31.2 Å². The predicted molar refractivity (Wildman–Crippen MR) is 107 cm³/mol. The van der Waals surface area contributed by atoms with Gasteiger partial charge in [0.05, 0.1) is 11.4 Å². The molecule has 4 rings (SSSR count). The molecule has 2 aromatic carbocycles. The van der Waals surface area contributed by atoms with E-state index < -0.39 is 0 Å². The number of hydrogen-bond donors (Lipinski definition) is 1. The first-order valence-corrected chi connectivity index (χ1v) is 9.21. The molecular weight excluding hydrogens is 370 g/mol. The molecule has 0 atom stereocenters. The molecule has 0 bridgehead atoms. The third-order valence-corrected chi connectivity index (χ3v) is 4.74. The van der Waals surface area contributed by atoms with E-state index >= 15 is 0 Å². The van der Waals surface area contributed by atoms with E-state index in [-0.39, 0.29) is 11.8 Å². The third kappa shape index (κ3) is 4.03. The maximum atomic E-state index is 12.3. The molecule has 146 valence electrons. The summed E-state index contributed by atoms with van der Waals surface area (Å²) in [7, 11) is 0. The highest BCUT2D eigenvalue weighted by Crippen LogP contribution is 2.21. The number of nitrogens with one attached hydrogen (secondary N) is 1. The molecule has 9 heteroatoms. The zero-order valence-corrected chi connectivity index (χ0v) is 15.8. The minimum Gasteiger partial charge on any atom is -0.312 e. The van der Waals surface area contributed by atoms with E-state index in [9.17, 15) is 9.59 Å². The van der Waals surface area contributed by atoms with Crippen molar-refractivity contribution in [2.24, 2.45) is 5.10 Å². The minimum absolute atomic E-state index is 0.154. The number of tetrazole rings is 1. The van der Waals surface area contributed by atoms with E-state index in [2.05, 4.69) is 26.1 Å². The molecule has 1 aromatic heterocycles. The standard InChI is InChI=1S/C20H19N7O2/c1-14(15-4-8-17(9-5-15)26-12-2-3-19(26)28)22-23-20(29)16-6-10-18(11-7-16)27-13-21-24-25-27/h4-11,13H,2-3,12H2,1H3,(H,23,29)/b22-14-. The number of carbonyl (C=O) groups excluding carboxylic acids is 2. The van der Waals surface area contributed by atoms with Crippen LogP contribution in [-0.4, -0.2) is 44.3 Å². The molecule has 1 aliphatic heterocycles. The Kier molecular flexibility index (Phi) is 5.10. The van der Waals surface area contributed by atoms with Gasteiger partial charge in [-0.15, -0.1) is 5.10 Å². The zero-order chi connectivity index (χ0) is 20.2. The van der Waals surface area contributed by atoms with Gasteiger partial charge >= 0.3 is 0 Å². The van der Waals surface area contributed by atoms with Gasteiger partial charge in [0, 0.05) is 24.2 Å². The fourth-order valence-corrected chi connectivity index (χ4v) is 3.11. The summed E-state index contributed by atoms with van der Waals surface area (Å²) < 4.78 is 1.50. The molecule has 29 heavy (non-hydrogen) atoms. The van der Waals surface area contributed by atoms with Crippen LogP contribution in [0.3, 0.4) is 0 Å². The number of rotatable bonds is 5. The molecule has 0 saturated carbocycles. The smallest absolute Gasteiger partial charge is 0.271 e. The van der Waals surface area contributed by atoms with Crippen LogP contribution in [0.1, 0.15) is 35.7 Å². The lowest BCUT2D eigenvalue weighted by Crippen LogP contribution is -2.23. The predicted octanol–water partition coefficient (Wildman–Crippen LogP) is 1.94. The van der Waals surface area contributed by atoms with Gasteiger partial charge in [-0.1, -0.05) is 12.1 Å². The first-order valence-electron chi connectivity index (χ1n) is 9.21. The van der Waals surface area contributed by atoms with Crippen LogP contribution in [0.5, 0.6) is 0 Å². The van der Waals surface area contributed by atoms with E-state index in [1.54, 1.807) is 29.2 Å². The van der Waals surface area contributed by atoms with Crippen LogP contribution < -0.4 is 10.3 Å². The summed E-state index contributed by atoms with van der Waals surface area (Å²) in [4.78, 5) is 26.0. The third-order valence-electron chi connectivity index (χ3n) is 4.74. The van der Waals surface area contributed by atoms with Gasteiger partial charge in [-0.3, -0.25) is 9.59 Å². The van der Waals surface area contributed by atoms with Crippen molar-refractivity contribution < 1.29 is 9.59 Å². The molecular formula is C20H19N7O2. The van der Waals surface area contributed by atoms with Crippen molar-refractivity contribution >= 4 is 23.2 Å². The molecule has 2 heterocycles. The number of hydrazone groups is 1. The first kappa shape index (κ1) is 18.5. The highest BCUT2D eigenvalue weighted by Gasteiger charge is 2.21. The Bertz CT molecular complexity index is 1040. The van der Waals surface area contributed by atoms with Crippen molar-refractivity contribution in [3.8, 4) is 5.69 Å². The van der Waals surface area contributed by atoms with Gasteiger partial charge < -0.3 is 4.90 Å². The number of amides is 2. The zero-order valence-electron chi connectivity index (χ0n) is 15.8. The Balaban J connectivity index is 1.40. The summed E-state index contributed by atoms with van der Waals surface area (Å²) in [5.41, 5.74) is 6.22. The Morgan fingerprint density at radius 1 is 1.03 bits per heavy atom. The van der Waals surface area contributed by atoms with Crippen molar-refractivity contribution in [3.63, 3.8) is 0 Å². The topological polar surface area (TPSA) is 105 Å². The second-order valence-electron chi connectivity index (χ2n) is 6.64. The van der Waals surface area contributed by atoms with Crippen molar-refractivity contribution in [2.75, 3.05) is 11.4 Å². The number of hydrogen-bond acceptors (Lipinski definition) is 6. The molecule has 0 spiro atoms. The highest BCUT2D eigenvalue weighted by molar-refractivity contribution is 6.01. The van der Waals surface area contributed by atoms with Gasteiger partial charge in [0.1, 0.15) is 6.33 Å². The Morgan fingerprint density at radius 2 is 1.72 bits per heavy atom. The monoisotopic (exact) mass is 389 g/mol. The summed E-state index contributed by atoms with van der Waals surface area (Å²) in [6, 6.07) is 14.5. The lowest BCUT2D eigenvalue weighted by molar-refractivity contribution is -0.117. The van der Waals surface area contributed by atoms with Crippen molar-refractivity contribution in [3.05, 3.63) is 66.0 Å². The number of anilines is 1. The Hall–Kier alpha value is -3.88. The number of aromatic nitrogens is 4. The van der Waals surface area contributed by atoms with Crippen LogP contribution in [0, 0.1) is 0 Å². The van der Waals surface area contributed by atoms with Gasteiger partial charge in [-0.05, 0) is 65.7 Å². The normalized spacial score (nSPS) is 14.3. The Labute approximate surface area is 167 Å². The second-order valence-corrected chi connectivity index (χ2v) is 6.64. The van der Waals surface area contributed by atoms with Crippen LogP contribution in [0.25, 0.3) is 5.69 Å². The molecule has 0 unspecified atom stereocenters. The molecule has 2 amide bonds. The summed E-state index contributed by atoms with van der Waals surface area (Å²) in [6.45, 7) is 2.57. The molecule has 0 aliphatic carbocycles. The van der Waals surface area contributed by atoms with Gasteiger partial charge in [0.25, 0.3) is 5.91 Å². The molecule has 1 fully saturated rings. The average molecular weight is 389 g/mol. The van der Waals surface area contributed by atoms with E-state index in [0.29, 0.717) is 17.7 Å². The lowest BCUT2D eigenvalue weighted by atomic mass is 10.1. The molecule has 3 aromatic rings. The van der Waals surface area contributed by atoms with Gasteiger partial charge in [-0.2, -0.15) is 5.10 Å². The fraction of sp³-hybridized carbons (Fsp3) is 0.200. The van der Waals surface area contributed by atoms with Crippen LogP contribution >= 0.6 is 0 Å². The summed E-state index contributed by atoms with van der Waals surface area (Å²) >= 11 is 0. The summed E-state index contributed by atoms with van der Waals surface area (Å²) in [5.74, 6) is -0.159. The number of benzene rings is 2. The lowest BCUT2D eigenvalue weighted by Gasteiger charge is -2.15. The van der Waals surface area contributed by atoms with Crippen LogP contribution in [0.4, 0.5) is 5.69 Å². The average Bonchev–Trinajstić information content (AvgIpc) is 3.44. The summed E-state index contributed by atoms with van der Waals surface area (Å²) in [5, 5.41) is 15.1. The van der Waals surface area contributed by atoms with Gasteiger partial charge in [-0.25, -0.2) is 10.1 Å². The Morgan fingerprint density at radius 3 is 2.34 bits per heavy atom. The molecule has 1 aliphatic rings. The summed E-state index contributed by atoms with van der Waals surface area (Å²) in [6.07, 6.45) is 2.97. The van der Waals surface area contributed by atoms with Gasteiger partial charge in [0.2, 0.25) is 5.91 Å². The van der Waals surface area contributed by atoms with Crippen LogP contribution in [-0.2, 0) is 4.79 Å².